The summed E-state index contributed by atoms with van der Waals surface area (Å²) in [5.74, 6) is -1.12. The summed E-state index contributed by atoms with van der Waals surface area (Å²) in [4.78, 5) is 11.0. The van der Waals surface area contributed by atoms with Crippen LogP contribution in [0.3, 0.4) is 0 Å². The van der Waals surface area contributed by atoms with E-state index in [1.54, 1.807) is 0 Å². The molecule has 0 spiro atoms. The predicted octanol–water partition coefficient (Wildman–Crippen LogP) is 2.75. The van der Waals surface area contributed by atoms with Gasteiger partial charge in [0.25, 0.3) is 0 Å². The SMILES string of the molecule is O=C(O)c1cc(F)ccc1C(O)CCC1CC1. The van der Waals surface area contributed by atoms with Gasteiger partial charge in [0, 0.05) is 0 Å². The first kappa shape index (κ1) is 12.0. The Kier molecular flexibility index (Phi) is 3.43. The lowest BCUT2D eigenvalue weighted by molar-refractivity contribution is 0.0687. The van der Waals surface area contributed by atoms with Gasteiger partial charge in [-0.05, 0) is 36.5 Å². The van der Waals surface area contributed by atoms with E-state index in [9.17, 15) is 14.3 Å². The van der Waals surface area contributed by atoms with E-state index in [1.807, 2.05) is 0 Å². The number of carbonyl (C=O) groups is 1. The minimum absolute atomic E-state index is 0.145. The van der Waals surface area contributed by atoms with Crippen molar-refractivity contribution in [1.82, 2.24) is 0 Å². The quantitative estimate of drug-likeness (QED) is 0.829. The largest absolute Gasteiger partial charge is 0.478 e. The number of rotatable bonds is 5. The van der Waals surface area contributed by atoms with Crippen molar-refractivity contribution < 1.29 is 19.4 Å². The van der Waals surface area contributed by atoms with Crippen LogP contribution in [-0.4, -0.2) is 16.2 Å². The second-order valence-electron chi connectivity index (χ2n) is 4.57. The molecule has 3 nitrogen and oxygen atoms in total. The van der Waals surface area contributed by atoms with E-state index in [2.05, 4.69) is 0 Å². The van der Waals surface area contributed by atoms with E-state index >= 15 is 0 Å². The van der Waals surface area contributed by atoms with E-state index in [0.717, 1.165) is 12.5 Å². The maximum absolute atomic E-state index is 13.0. The molecule has 1 saturated carbocycles. The van der Waals surface area contributed by atoms with Crippen molar-refractivity contribution in [2.24, 2.45) is 5.92 Å². The third kappa shape index (κ3) is 3.03. The fraction of sp³-hybridized carbons (Fsp3) is 0.462. The first-order chi connectivity index (χ1) is 8.08. The number of hydrogen-bond acceptors (Lipinski definition) is 2. The molecule has 1 atom stereocenters. The average Bonchev–Trinajstić information content (AvgIpc) is 3.09. The molecule has 1 aromatic rings. The number of aromatic carboxylic acids is 1. The van der Waals surface area contributed by atoms with Crippen molar-refractivity contribution in [3.63, 3.8) is 0 Å². The molecule has 0 bridgehead atoms. The van der Waals surface area contributed by atoms with Gasteiger partial charge in [0.15, 0.2) is 0 Å². The van der Waals surface area contributed by atoms with Crippen LogP contribution in [0.4, 0.5) is 4.39 Å². The third-order valence-electron chi connectivity index (χ3n) is 3.15. The van der Waals surface area contributed by atoms with Crippen LogP contribution in [-0.2, 0) is 0 Å². The van der Waals surface area contributed by atoms with Crippen molar-refractivity contribution in [2.75, 3.05) is 0 Å². The Morgan fingerprint density at radius 3 is 2.76 bits per heavy atom. The van der Waals surface area contributed by atoms with Crippen LogP contribution >= 0.6 is 0 Å². The zero-order valence-corrected chi connectivity index (χ0v) is 9.40. The standard InChI is InChI=1S/C13H15FO3/c14-9-4-5-10(11(7-9)13(16)17)12(15)6-3-8-1-2-8/h4-5,7-8,12,15H,1-3,6H2,(H,16,17). The summed E-state index contributed by atoms with van der Waals surface area (Å²) in [5.41, 5.74) is 0.160. The minimum atomic E-state index is -1.20. The lowest BCUT2D eigenvalue weighted by atomic mass is 9.98. The Morgan fingerprint density at radius 2 is 2.18 bits per heavy atom. The van der Waals surface area contributed by atoms with E-state index < -0.39 is 17.9 Å². The van der Waals surface area contributed by atoms with Gasteiger partial charge in [-0.1, -0.05) is 18.9 Å². The number of halogens is 1. The molecule has 1 unspecified atom stereocenters. The maximum atomic E-state index is 13.0. The number of aliphatic hydroxyl groups excluding tert-OH is 1. The molecule has 4 heteroatoms. The molecule has 1 fully saturated rings. The number of carboxylic acid groups (broad SMARTS) is 1. The van der Waals surface area contributed by atoms with Crippen LogP contribution in [0.1, 0.15) is 47.7 Å². The summed E-state index contributed by atoms with van der Waals surface area (Å²) in [7, 11) is 0. The highest BCUT2D eigenvalue weighted by atomic mass is 19.1. The Bertz CT molecular complexity index is 427. The summed E-state index contributed by atoms with van der Waals surface area (Å²) in [6.45, 7) is 0. The first-order valence-electron chi connectivity index (χ1n) is 5.78. The number of aliphatic hydroxyl groups is 1. The first-order valence-corrected chi connectivity index (χ1v) is 5.78. The molecule has 2 rings (SSSR count). The molecule has 1 aliphatic rings. The average molecular weight is 238 g/mol. The molecule has 0 heterocycles. The predicted molar refractivity (Wildman–Crippen MR) is 60.3 cm³/mol. The van der Waals surface area contributed by atoms with E-state index in [4.69, 9.17) is 5.11 Å². The maximum Gasteiger partial charge on any atom is 0.336 e. The topological polar surface area (TPSA) is 57.5 Å². The van der Waals surface area contributed by atoms with Gasteiger partial charge in [-0.2, -0.15) is 0 Å². The fourth-order valence-electron chi connectivity index (χ4n) is 1.96. The van der Waals surface area contributed by atoms with Crippen molar-refractivity contribution >= 4 is 5.97 Å². The molecular formula is C13H15FO3. The molecule has 0 saturated heterocycles. The summed E-state index contributed by atoms with van der Waals surface area (Å²) in [6.07, 6.45) is 3.01. The van der Waals surface area contributed by atoms with Crippen LogP contribution in [0.25, 0.3) is 0 Å². The van der Waals surface area contributed by atoms with Crippen molar-refractivity contribution in [3.8, 4) is 0 Å². The van der Waals surface area contributed by atoms with E-state index in [1.165, 1.54) is 25.0 Å². The third-order valence-corrected chi connectivity index (χ3v) is 3.15. The molecule has 1 aliphatic carbocycles. The van der Waals surface area contributed by atoms with Crippen LogP contribution in [0.2, 0.25) is 0 Å². The van der Waals surface area contributed by atoms with E-state index in [-0.39, 0.29) is 5.56 Å². The van der Waals surface area contributed by atoms with Crippen LogP contribution in [0.5, 0.6) is 0 Å². The summed E-state index contributed by atoms with van der Waals surface area (Å²) in [5, 5.41) is 18.9. The Hall–Kier alpha value is -1.42. The van der Waals surface area contributed by atoms with Gasteiger partial charge in [0.1, 0.15) is 5.82 Å². The summed E-state index contributed by atoms with van der Waals surface area (Å²) < 4.78 is 13.0. The van der Waals surface area contributed by atoms with Gasteiger partial charge < -0.3 is 10.2 Å². The zero-order valence-electron chi connectivity index (χ0n) is 9.40. The lowest BCUT2D eigenvalue weighted by Gasteiger charge is -2.13. The molecular weight excluding hydrogens is 223 g/mol. The lowest BCUT2D eigenvalue weighted by Crippen LogP contribution is -2.08. The second-order valence-corrected chi connectivity index (χ2v) is 4.57. The number of carboxylic acids is 1. The molecule has 0 radical (unpaired) electrons. The smallest absolute Gasteiger partial charge is 0.336 e. The highest BCUT2D eigenvalue weighted by Crippen LogP contribution is 2.36. The van der Waals surface area contributed by atoms with Crippen LogP contribution < -0.4 is 0 Å². The van der Waals surface area contributed by atoms with Crippen LogP contribution in [0, 0.1) is 11.7 Å². The number of benzene rings is 1. The number of hydrogen-bond donors (Lipinski definition) is 2. The molecule has 0 aliphatic heterocycles. The van der Waals surface area contributed by atoms with Gasteiger partial charge in [0.05, 0.1) is 11.7 Å². The summed E-state index contributed by atoms with van der Waals surface area (Å²) >= 11 is 0. The Morgan fingerprint density at radius 1 is 1.47 bits per heavy atom. The molecule has 0 amide bonds. The zero-order chi connectivity index (χ0) is 12.4. The molecule has 17 heavy (non-hydrogen) atoms. The van der Waals surface area contributed by atoms with Gasteiger partial charge >= 0.3 is 5.97 Å². The monoisotopic (exact) mass is 238 g/mol. The highest BCUT2D eigenvalue weighted by Gasteiger charge is 2.24. The summed E-state index contributed by atoms with van der Waals surface area (Å²) in [6, 6.07) is 3.50. The Balaban J connectivity index is 2.14. The minimum Gasteiger partial charge on any atom is -0.478 e. The van der Waals surface area contributed by atoms with Crippen LogP contribution in [0.15, 0.2) is 18.2 Å². The normalized spacial score (nSPS) is 16.8. The molecule has 92 valence electrons. The van der Waals surface area contributed by atoms with Gasteiger partial charge in [-0.25, -0.2) is 9.18 Å². The van der Waals surface area contributed by atoms with Crippen molar-refractivity contribution in [1.29, 1.82) is 0 Å². The molecule has 1 aromatic carbocycles. The van der Waals surface area contributed by atoms with Crippen molar-refractivity contribution in [2.45, 2.75) is 31.8 Å². The molecule has 2 N–H and O–H groups in total. The molecule has 0 aromatic heterocycles. The Labute approximate surface area is 98.9 Å². The van der Waals surface area contributed by atoms with Gasteiger partial charge in [-0.15, -0.1) is 0 Å². The van der Waals surface area contributed by atoms with E-state index in [0.29, 0.717) is 17.9 Å². The highest BCUT2D eigenvalue weighted by molar-refractivity contribution is 5.89. The van der Waals surface area contributed by atoms with Gasteiger partial charge in [0.2, 0.25) is 0 Å². The second kappa shape index (κ2) is 4.84. The van der Waals surface area contributed by atoms with Gasteiger partial charge in [-0.3, -0.25) is 0 Å². The van der Waals surface area contributed by atoms with Crippen molar-refractivity contribution in [3.05, 3.63) is 35.1 Å². The fourth-order valence-corrected chi connectivity index (χ4v) is 1.96.